The molecule has 0 bridgehead atoms. The molecule has 0 aliphatic carbocycles. The summed E-state index contributed by atoms with van der Waals surface area (Å²) < 4.78 is 0. The van der Waals surface area contributed by atoms with E-state index in [0.29, 0.717) is 0 Å². The Morgan fingerprint density at radius 3 is 2.50 bits per heavy atom. The molecule has 1 rings (SSSR count). The third kappa shape index (κ3) is 4.07. The Morgan fingerprint density at radius 2 is 1.83 bits per heavy atom. The predicted octanol–water partition coefficient (Wildman–Crippen LogP) is 3.76. The van der Waals surface area contributed by atoms with Gasteiger partial charge in [-0.15, -0.1) is 11.8 Å². The molecule has 0 fully saturated rings. The Kier molecular flexibility index (Phi) is 5.37. The molecule has 65 valence electrons. The molecule has 0 N–H and O–H groups in total. The standard InChI is InChI=1S/C10H13S2/c11-8-4-5-9-12-10-6-2-1-3-7-10/h1-3,6-7H,4-5,8-9H2. The first-order valence-electron chi connectivity index (χ1n) is 4.19. The molecule has 0 saturated heterocycles. The molecule has 0 atom stereocenters. The smallest absolute Gasteiger partial charge is 0.00719 e. The number of hydrogen-bond donors (Lipinski definition) is 0. The van der Waals surface area contributed by atoms with Gasteiger partial charge in [0, 0.05) is 10.6 Å². The molecule has 12 heavy (non-hydrogen) atoms. The summed E-state index contributed by atoms with van der Waals surface area (Å²) in [5.41, 5.74) is 0. The Morgan fingerprint density at radius 1 is 1.08 bits per heavy atom. The Balaban J connectivity index is 2.16. The van der Waals surface area contributed by atoms with Gasteiger partial charge in [-0.25, -0.2) is 0 Å². The second-order valence-corrected chi connectivity index (χ2v) is 4.15. The number of benzene rings is 1. The largest absolute Gasteiger partial charge is 0.126 e. The molecule has 0 aliphatic heterocycles. The van der Waals surface area contributed by atoms with Crippen LogP contribution < -0.4 is 0 Å². The predicted molar refractivity (Wildman–Crippen MR) is 58.9 cm³/mol. The lowest BCUT2D eigenvalue weighted by molar-refractivity contribution is 0.910. The van der Waals surface area contributed by atoms with Gasteiger partial charge in [0.2, 0.25) is 0 Å². The van der Waals surface area contributed by atoms with Gasteiger partial charge < -0.3 is 0 Å². The molecule has 0 aliphatic rings. The van der Waals surface area contributed by atoms with Crippen LogP contribution in [0, 0.1) is 0 Å². The number of rotatable bonds is 5. The lowest BCUT2D eigenvalue weighted by Gasteiger charge is -1.99. The normalized spacial score (nSPS) is 10.1. The van der Waals surface area contributed by atoms with E-state index in [4.69, 9.17) is 12.6 Å². The zero-order valence-electron chi connectivity index (χ0n) is 7.03. The first-order chi connectivity index (χ1) is 5.93. The lowest BCUT2D eigenvalue weighted by Crippen LogP contribution is -1.81. The van der Waals surface area contributed by atoms with Crippen molar-refractivity contribution in [3.8, 4) is 0 Å². The van der Waals surface area contributed by atoms with Crippen molar-refractivity contribution in [3.63, 3.8) is 0 Å². The third-order valence-corrected chi connectivity index (χ3v) is 2.94. The highest BCUT2D eigenvalue weighted by molar-refractivity contribution is 7.99. The van der Waals surface area contributed by atoms with Crippen molar-refractivity contribution in [2.45, 2.75) is 17.7 Å². The Hall–Kier alpha value is -0.0800. The second-order valence-electron chi connectivity index (χ2n) is 2.57. The molecule has 0 saturated carbocycles. The van der Waals surface area contributed by atoms with E-state index >= 15 is 0 Å². The molecule has 1 radical (unpaired) electrons. The zero-order valence-corrected chi connectivity index (χ0v) is 8.66. The first-order valence-corrected chi connectivity index (χ1v) is 5.76. The molecule has 0 heterocycles. The van der Waals surface area contributed by atoms with Gasteiger partial charge in [0.25, 0.3) is 0 Å². The number of thioether (sulfide) groups is 1. The van der Waals surface area contributed by atoms with Crippen LogP contribution in [0.25, 0.3) is 0 Å². The molecule has 1 aromatic carbocycles. The molecule has 2 heteroatoms. The van der Waals surface area contributed by atoms with Crippen LogP contribution in [-0.4, -0.2) is 11.5 Å². The lowest BCUT2D eigenvalue weighted by atomic mass is 10.4. The highest BCUT2D eigenvalue weighted by Crippen LogP contribution is 2.18. The van der Waals surface area contributed by atoms with E-state index in [0.717, 1.165) is 5.75 Å². The van der Waals surface area contributed by atoms with Gasteiger partial charge in [-0.2, -0.15) is 0 Å². The van der Waals surface area contributed by atoms with Gasteiger partial charge in [-0.1, -0.05) is 30.8 Å². The minimum absolute atomic E-state index is 0.898. The summed E-state index contributed by atoms with van der Waals surface area (Å²) in [6.45, 7) is 0. The van der Waals surface area contributed by atoms with Crippen molar-refractivity contribution >= 4 is 24.4 Å². The fourth-order valence-corrected chi connectivity index (χ4v) is 2.05. The SMILES string of the molecule is [S]CCCCSc1ccccc1. The second kappa shape index (κ2) is 6.44. The van der Waals surface area contributed by atoms with Crippen LogP contribution >= 0.6 is 24.4 Å². The van der Waals surface area contributed by atoms with Crippen LogP contribution in [0.3, 0.4) is 0 Å². The first kappa shape index (κ1) is 10.0. The fraction of sp³-hybridized carbons (Fsp3) is 0.400. The van der Waals surface area contributed by atoms with E-state index in [1.54, 1.807) is 0 Å². The Labute approximate surface area is 84.2 Å². The van der Waals surface area contributed by atoms with Crippen LogP contribution in [-0.2, 0) is 0 Å². The molecule has 0 spiro atoms. The maximum atomic E-state index is 4.87. The summed E-state index contributed by atoms with van der Waals surface area (Å²) >= 11 is 6.79. The van der Waals surface area contributed by atoms with E-state index in [-0.39, 0.29) is 0 Å². The summed E-state index contributed by atoms with van der Waals surface area (Å²) in [6.07, 6.45) is 2.41. The van der Waals surface area contributed by atoms with Crippen molar-refractivity contribution in [2.75, 3.05) is 11.5 Å². The van der Waals surface area contributed by atoms with E-state index in [1.807, 2.05) is 17.8 Å². The molecule has 0 nitrogen and oxygen atoms in total. The topological polar surface area (TPSA) is 0 Å². The van der Waals surface area contributed by atoms with Gasteiger partial charge in [0.05, 0.1) is 0 Å². The Bertz CT molecular complexity index is 196. The number of unbranched alkanes of at least 4 members (excludes halogenated alkanes) is 1. The molecule has 0 amide bonds. The van der Waals surface area contributed by atoms with Gasteiger partial charge in [0.15, 0.2) is 0 Å². The van der Waals surface area contributed by atoms with Crippen molar-refractivity contribution in [1.29, 1.82) is 0 Å². The molecule has 1 aromatic rings. The van der Waals surface area contributed by atoms with Gasteiger partial charge in [0.1, 0.15) is 0 Å². The summed E-state index contributed by atoms with van der Waals surface area (Å²) in [5.74, 6) is 2.09. The van der Waals surface area contributed by atoms with Crippen molar-refractivity contribution in [2.24, 2.45) is 0 Å². The molecular weight excluding hydrogens is 184 g/mol. The van der Waals surface area contributed by atoms with Crippen molar-refractivity contribution in [1.82, 2.24) is 0 Å². The van der Waals surface area contributed by atoms with Crippen molar-refractivity contribution < 1.29 is 0 Å². The summed E-state index contributed by atoms with van der Waals surface area (Å²) in [6, 6.07) is 10.5. The highest BCUT2D eigenvalue weighted by Gasteiger charge is 1.91. The minimum Gasteiger partial charge on any atom is -0.126 e. The van der Waals surface area contributed by atoms with Gasteiger partial charge >= 0.3 is 0 Å². The van der Waals surface area contributed by atoms with Crippen LogP contribution in [0.4, 0.5) is 0 Å². The van der Waals surface area contributed by atoms with Crippen LogP contribution in [0.5, 0.6) is 0 Å². The molecular formula is C10H13S2. The monoisotopic (exact) mass is 197 g/mol. The summed E-state index contributed by atoms with van der Waals surface area (Å²) in [5, 5.41) is 0. The molecule has 0 unspecified atom stereocenters. The summed E-state index contributed by atoms with van der Waals surface area (Å²) in [7, 11) is 0. The van der Waals surface area contributed by atoms with Gasteiger partial charge in [-0.05, 0) is 30.7 Å². The minimum atomic E-state index is 0.898. The average molecular weight is 197 g/mol. The average Bonchev–Trinajstić information content (AvgIpc) is 2.14. The molecule has 0 aromatic heterocycles. The van der Waals surface area contributed by atoms with E-state index < -0.39 is 0 Å². The van der Waals surface area contributed by atoms with Crippen molar-refractivity contribution in [3.05, 3.63) is 30.3 Å². The van der Waals surface area contributed by atoms with Crippen LogP contribution in [0.1, 0.15) is 12.8 Å². The maximum Gasteiger partial charge on any atom is 0.00719 e. The quantitative estimate of drug-likeness (QED) is 0.511. The van der Waals surface area contributed by atoms with Gasteiger partial charge in [-0.3, -0.25) is 0 Å². The van der Waals surface area contributed by atoms with Crippen LogP contribution in [0.15, 0.2) is 35.2 Å². The third-order valence-electron chi connectivity index (χ3n) is 1.55. The maximum absolute atomic E-state index is 4.87. The zero-order chi connectivity index (χ0) is 8.65. The van der Waals surface area contributed by atoms with E-state index in [9.17, 15) is 0 Å². The number of hydrogen-bond acceptors (Lipinski definition) is 1. The van der Waals surface area contributed by atoms with E-state index in [1.165, 1.54) is 23.5 Å². The highest BCUT2D eigenvalue weighted by atomic mass is 32.2. The summed E-state index contributed by atoms with van der Waals surface area (Å²) in [4.78, 5) is 1.36. The van der Waals surface area contributed by atoms with E-state index in [2.05, 4.69) is 24.3 Å². The fourth-order valence-electron chi connectivity index (χ4n) is 0.911. The van der Waals surface area contributed by atoms with Crippen LogP contribution in [0.2, 0.25) is 0 Å².